The highest BCUT2D eigenvalue weighted by Crippen LogP contribution is 2.51. The molecule has 7 aromatic rings. The van der Waals surface area contributed by atoms with Crippen LogP contribution in [0.2, 0.25) is 0 Å². The Labute approximate surface area is 263 Å². The van der Waals surface area contributed by atoms with Crippen molar-refractivity contribution in [1.82, 2.24) is 19.4 Å². The fourth-order valence-electron chi connectivity index (χ4n) is 7.77. The molecule has 0 radical (unpaired) electrons. The molecule has 45 heavy (non-hydrogen) atoms. The van der Waals surface area contributed by atoms with E-state index in [0.29, 0.717) is 0 Å². The van der Waals surface area contributed by atoms with E-state index in [4.69, 9.17) is 9.97 Å². The lowest BCUT2D eigenvalue weighted by molar-refractivity contribution is 0.660. The number of hydrogen-bond donors (Lipinski definition) is 0. The minimum absolute atomic E-state index is 0.0906. The van der Waals surface area contributed by atoms with E-state index in [9.17, 15) is 0 Å². The predicted octanol–water partition coefficient (Wildman–Crippen LogP) is 9.74. The number of hydrogen-bond acceptors (Lipinski definition) is 3. The average Bonchev–Trinajstić information content (AvgIpc) is 3.68. The normalized spacial score (nSPS) is 15.0. The average molecular weight is 581 g/mol. The second-order valence-corrected chi connectivity index (χ2v) is 13.4. The van der Waals surface area contributed by atoms with E-state index in [1.54, 1.807) is 0 Å². The van der Waals surface area contributed by atoms with Gasteiger partial charge in [-0.2, -0.15) is 0 Å². The highest BCUT2D eigenvalue weighted by atomic mass is 15.0. The molecule has 4 nitrogen and oxygen atoms in total. The molecule has 0 atom stereocenters. The Morgan fingerprint density at radius 2 is 1.11 bits per heavy atom. The molecule has 4 heteroatoms. The number of benzene rings is 4. The third kappa shape index (κ3) is 3.63. The summed E-state index contributed by atoms with van der Waals surface area (Å²) in [5.41, 5.74) is 17.3. The summed E-state index contributed by atoms with van der Waals surface area (Å²) >= 11 is 0. The van der Waals surface area contributed by atoms with Crippen LogP contribution in [0.4, 0.5) is 0 Å². The van der Waals surface area contributed by atoms with Crippen molar-refractivity contribution in [2.45, 2.75) is 38.5 Å². The Hall–Kier alpha value is -5.35. The summed E-state index contributed by atoms with van der Waals surface area (Å²) < 4.78 is 2.20. The molecular formula is C41H32N4. The summed E-state index contributed by atoms with van der Waals surface area (Å²) in [6, 6.07) is 35.3. The summed E-state index contributed by atoms with van der Waals surface area (Å²) in [7, 11) is 0. The van der Waals surface area contributed by atoms with Crippen molar-refractivity contribution < 1.29 is 0 Å². The molecule has 3 aromatic heterocycles. The number of fused-ring (bicyclic) bond motifs is 7. The molecule has 0 unspecified atom stereocenters. The molecule has 0 bridgehead atoms. The molecule has 0 fully saturated rings. The van der Waals surface area contributed by atoms with E-state index in [1.165, 1.54) is 44.5 Å². The van der Waals surface area contributed by atoms with E-state index >= 15 is 0 Å². The van der Waals surface area contributed by atoms with Gasteiger partial charge < -0.3 is 0 Å². The van der Waals surface area contributed by atoms with Crippen molar-refractivity contribution in [3.8, 4) is 56.0 Å². The Balaban J connectivity index is 1.27. The van der Waals surface area contributed by atoms with Crippen molar-refractivity contribution in [2.24, 2.45) is 0 Å². The quantitative estimate of drug-likeness (QED) is 0.209. The molecule has 0 N–H and O–H groups in total. The van der Waals surface area contributed by atoms with Crippen LogP contribution in [-0.2, 0) is 10.8 Å². The highest BCUT2D eigenvalue weighted by Gasteiger charge is 2.37. The zero-order valence-electron chi connectivity index (χ0n) is 25.8. The van der Waals surface area contributed by atoms with Crippen molar-refractivity contribution in [1.29, 1.82) is 0 Å². The molecular weight excluding hydrogens is 548 g/mol. The molecule has 216 valence electrons. The molecule has 4 aromatic carbocycles. The standard InChI is InChI=1S/C41H32N4/c1-40(2)32-11-7-5-9-28(32)30-15-13-26(21-34(30)40)36-24-45-37(25-17-19-42-20-18-25)23-43-39(45)38(44-36)27-14-16-31-29-10-6-8-12-33(29)41(3,4)35(31)22-27/h5-24H,1-4H3. The van der Waals surface area contributed by atoms with Crippen LogP contribution in [0.25, 0.3) is 61.7 Å². The zero-order valence-corrected chi connectivity index (χ0v) is 25.8. The van der Waals surface area contributed by atoms with Gasteiger partial charge in [0.2, 0.25) is 0 Å². The van der Waals surface area contributed by atoms with Crippen LogP contribution in [0, 0.1) is 0 Å². The van der Waals surface area contributed by atoms with E-state index in [-0.39, 0.29) is 10.8 Å². The van der Waals surface area contributed by atoms with Gasteiger partial charge in [0.05, 0.1) is 17.6 Å². The molecule has 0 saturated carbocycles. The second kappa shape index (κ2) is 9.09. The minimum atomic E-state index is -0.103. The zero-order chi connectivity index (χ0) is 30.5. The monoisotopic (exact) mass is 580 g/mol. The Kier molecular flexibility index (Phi) is 5.27. The van der Waals surface area contributed by atoms with Gasteiger partial charge in [0.15, 0.2) is 5.65 Å². The number of nitrogens with zero attached hydrogens (tertiary/aromatic N) is 4. The fourth-order valence-corrected chi connectivity index (χ4v) is 7.77. The SMILES string of the molecule is CC1(C)c2ccccc2-c2ccc(-c3cn4c(-c5ccncc5)cnc4c(-c4ccc5c(c4)C(C)(C)c4ccccc4-5)n3)cc21. The van der Waals surface area contributed by atoms with Crippen LogP contribution in [0.5, 0.6) is 0 Å². The van der Waals surface area contributed by atoms with E-state index < -0.39 is 0 Å². The van der Waals surface area contributed by atoms with Crippen LogP contribution >= 0.6 is 0 Å². The molecule has 2 aliphatic rings. The summed E-state index contributed by atoms with van der Waals surface area (Å²) in [5, 5.41) is 0. The van der Waals surface area contributed by atoms with Gasteiger partial charge in [-0.1, -0.05) is 100 Å². The van der Waals surface area contributed by atoms with Gasteiger partial charge >= 0.3 is 0 Å². The third-order valence-corrected chi connectivity index (χ3v) is 10.2. The molecule has 2 aliphatic carbocycles. The van der Waals surface area contributed by atoms with Gasteiger partial charge in [-0.05, 0) is 68.8 Å². The van der Waals surface area contributed by atoms with Crippen molar-refractivity contribution in [3.05, 3.63) is 144 Å². The van der Waals surface area contributed by atoms with Gasteiger partial charge in [-0.15, -0.1) is 0 Å². The van der Waals surface area contributed by atoms with Gasteiger partial charge in [0.1, 0.15) is 5.69 Å². The summed E-state index contributed by atoms with van der Waals surface area (Å²) in [4.78, 5) is 14.6. The number of pyridine rings is 1. The number of rotatable bonds is 3. The summed E-state index contributed by atoms with van der Waals surface area (Å²) in [5.74, 6) is 0. The molecule has 9 rings (SSSR count). The van der Waals surface area contributed by atoms with E-state index in [2.05, 4.69) is 128 Å². The first-order valence-corrected chi connectivity index (χ1v) is 15.6. The van der Waals surface area contributed by atoms with Crippen LogP contribution < -0.4 is 0 Å². The first kappa shape index (κ1) is 26.1. The molecule has 0 aliphatic heterocycles. The van der Waals surface area contributed by atoms with Gasteiger partial charge in [-0.25, -0.2) is 9.97 Å². The van der Waals surface area contributed by atoms with Crippen LogP contribution in [0.15, 0.2) is 122 Å². The first-order valence-electron chi connectivity index (χ1n) is 15.6. The second-order valence-electron chi connectivity index (χ2n) is 13.4. The van der Waals surface area contributed by atoms with Gasteiger partial charge in [-0.3, -0.25) is 9.38 Å². The van der Waals surface area contributed by atoms with Crippen LogP contribution in [0.3, 0.4) is 0 Å². The Bertz CT molecular complexity index is 2320. The molecule has 0 saturated heterocycles. The van der Waals surface area contributed by atoms with Gasteiger partial charge in [0, 0.05) is 46.1 Å². The van der Waals surface area contributed by atoms with Crippen LogP contribution in [-0.4, -0.2) is 19.4 Å². The Morgan fingerprint density at radius 1 is 0.556 bits per heavy atom. The Morgan fingerprint density at radius 3 is 1.76 bits per heavy atom. The molecule has 0 spiro atoms. The van der Waals surface area contributed by atoms with Crippen molar-refractivity contribution in [3.63, 3.8) is 0 Å². The molecule has 0 amide bonds. The lowest BCUT2D eigenvalue weighted by Gasteiger charge is -2.22. The maximum Gasteiger partial charge on any atom is 0.164 e. The van der Waals surface area contributed by atoms with Crippen molar-refractivity contribution >= 4 is 5.65 Å². The topological polar surface area (TPSA) is 43.1 Å². The first-order chi connectivity index (χ1) is 21.8. The maximum absolute atomic E-state index is 5.40. The lowest BCUT2D eigenvalue weighted by atomic mass is 9.82. The maximum atomic E-state index is 5.40. The molecule has 3 heterocycles. The smallest absolute Gasteiger partial charge is 0.164 e. The highest BCUT2D eigenvalue weighted by molar-refractivity contribution is 5.87. The number of imidazole rings is 1. The summed E-state index contributed by atoms with van der Waals surface area (Å²) in [6.45, 7) is 9.29. The van der Waals surface area contributed by atoms with Gasteiger partial charge in [0.25, 0.3) is 0 Å². The van der Waals surface area contributed by atoms with E-state index in [0.717, 1.165) is 39.4 Å². The third-order valence-electron chi connectivity index (χ3n) is 10.2. The lowest BCUT2D eigenvalue weighted by Crippen LogP contribution is -2.15. The predicted molar refractivity (Wildman–Crippen MR) is 182 cm³/mol. The minimum Gasteiger partial charge on any atom is -0.296 e. The fraction of sp³-hybridized carbons (Fsp3) is 0.146. The van der Waals surface area contributed by atoms with Crippen LogP contribution in [0.1, 0.15) is 49.9 Å². The number of aromatic nitrogens is 4. The van der Waals surface area contributed by atoms with E-state index in [1.807, 2.05) is 30.7 Å². The van der Waals surface area contributed by atoms with Crippen molar-refractivity contribution in [2.75, 3.05) is 0 Å². The largest absolute Gasteiger partial charge is 0.296 e. The summed E-state index contributed by atoms with van der Waals surface area (Å²) in [6.07, 6.45) is 7.76.